The third-order valence-corrected chi connectivity index (χ3v) is 5.13. The van der Waals surface area contributed by atoms with Crippen molar-refractivity contribution in [3.05, 3.63) is 71.4 Å². The molecule has 0 saturated carbocycles. The number of H-pyrrole nitrogens is 1. The summed E-state index contributed by atoms with van der Waals surface area (Å²) in [7, 11) is 1.82. The largest absolute Gasteiger partial charge is 0.484 e. The maximum Gasteiger partial charge on any atom is 0.254 e. The number of anilines is 3. The molecule has 0 fully saturated rings. The highest BCUT2D eigenvalue weighted by Crippen LogP contribution is 2.35. The molecule has 0 spiro atoms. The van der Waals surface area contributed by atoms with E-state index in [2.05, 4.69) is 20.6 Å². The molecule has 32 heavy (non-hydrogen) atoms. The third kappa shape index (κ3) is 4.13. The molecule has 164 valence electrons. The van der Waals surface area contributed by atoms with Gasteiger partial charge in [0.2, 0.25) is 0 Å². The first kappa shape index (κ1) is 21.0. The number of nitrogens with zero attached hydrogens (tertiary/aromatic N) is 3. The topological polar surface area (TPSA) is 137 Å². The van der Waals surface area contributed by atoms with Gasteiger partial charge in [-0.3, -0.25) is 14.6 Å². The number of hydrogen-bond acceptors (Lipinski definition) is 6. The molecule has 0 unspecified atom stereocenters. The SMILES string of the molecule is Cc1cn(C)nc1Nc1[nH]nc(-c2ccc(N)c(O[C@@H](C)c3ccccc3)c2)c1C(N)=O. The molecule has 0 saturated heterocycles. The van der Waals surface area contributed by atoms with Crippen molar-refractivity contribution in [2.75, 3.05) is 11.1 Å². The minimum absolute atomic E-state index is 0.215. The molecule has 0 aliphatic carbocycles. The highest BCUT2D eigenvalue weighted by molar-refractivity contribution is 6.04. The second-order valence-corrected chi connectivity index (χ2v) is 7.57. The quantitative estimate of drug-likeness (QED) is 0.329. The molecular formula is C23H25N7O2. The molecule has 1 amide bonds. The van der Waals surface area contributed by atoms with Crippen molar-refractivity contribution in [1.29, 1.82) is 0 Å². The minimum Gasteiger partial charge on any atom is -0.484 e. The number of aromatic amines is 1. The zero-order chi connectivity index (χ0) is 22.8. The lowest BCUT2D eigenvalue weighted by Gasteiger charge is -2.17. The molecular weight excluding hydrogens is 406 g/mol. The van der Waals surface area contributed by atoms with Crippen molar-refractivity contribution in [2.45, 2.75) is 20.0 Å². The van der Waals surface area contributed by atoms with Crippen LogP contribution >= 0.6 is 0 Å². The molecule has 2 aromatic carbocycles. The first-order valence-electron chi connectivity index (χ1n) is 10.1. The molecule has 0 bridgehead atoms. The number of benzene rings is 2. The van der Waals surface area contributed by atoms with E-state index in [0.717, 1.165) is 11.1 Å². The lowest BCUT2D eigenvalue weighted by atomic mass is 10.1. The standard InChI is InChI=1S/C23H25N7O2/c1-13-12-30(3)29-22(13)26-23-19(21(25)31)20(27-28-23)16-9-10-17(24)18(11-16)32-14(2)15-7-5-4-6-8-15/h4-12,14H,24H2,1-3H3,(H2,25,31)(H2,26,27,28,29)/t14-/m0/s1. The van der Waals surface area contributed by atoms with E-state index in [1.807, 2.05) is 57.4 Å². The first-order chi connectivity index (χ1) is 15.3. The average Bonchev–Trinajstić information content (AvgIpc) is 3.33. The van der Waals surface area contributed by atoms with E-state index >= 15 is 0 Å². The number of carbonyl (C=O) groups is 1. The van der Waals surface area contributed by atoms with Gasteiger partial charge in [0, 0.05) is 24.4 Å². The van der Waals surface area contributed by atoms with Crippen LogP contribution in [-0.2, 0) is 7.05 Å². The third-order valence-electron chi connectivity index (χ3n) is 5.13. The molecule has 2 aromatic heterocycles. The van der Waals surface area contributed by atoms with Crippen molar-refractivity contribution >= 4 is 23.2 Å². The van der Waals surface area contributed by atoms with Crippen LogP contribution in [0.5, 0.6) is 5.75 Å². The predicted octanol–water partition coefficient (Wildman–Crippen LogP) is 3.68. The zero-order valence-electron chi connectivity index (χ0n) is 18.1. The summed E-state index contributed by atoms with van der Waals surface area (Å²) >= 11 is 0. The van der Waals surface area contributed by atoms with E-state index in [4.69, 9.17) is 16.2 Å². The Morgan fingerprint density at radius 1 is 1.22 bits per heavy atom. The van der Waals surface area contributed by atoms with Gasteiger partial charge in [0.1, 0.15) is 28.9 Å². The Bertz CT molecular complexity index is 1260. The van der Waals surface area contributed by atoms with Gasteiger partial charge in [0.25, 0.3) is 5.91 Å². The Hall–Kier alpha value is -4.27. The smallest absolute Gasteiger partial charge is 0.254 e. The summed E-state index contributed by atoms with van der Waals surface area (Å²) in [5, 5.41) is 14.6. The Balaban J connectivity index is 1.67. The molecule has 1 atom stereocenters. The van der Waals surface area contributed by atoms with Gasteiger partial charge in [-0.1, -0.05) is 36.4 Å². The van der Waals surface area contributed by atoms with Crippen molar-refractivity contribution in [3.63, 3.8) is 0 Å². The van der Waals surface area contributed by atoms with E-state index in [-0.39, 0.29) is 11.7 Å². The molecule has 0 radical (unpaired) electrons. The van der Waals surface area contributed by atoms with E-state index in [9.17, 15) is 4.79 Å². The van der Waals surface area contributed by atoms with Crippen LogP contribution in [-0.4, -0.2) is 25.9 Å². The Morgan fingerprint density at radius 2 is 1.97 bits per heavy atom. The second-order valence-electron chi connectivity index (χ2n) is 7.57. The summed E-state index contributed by atoms with van der Waals surface area (Å²) in [4.78, 5) is 12.3. The number of nitrogens with one attached hydrogen (secondary N) is 2. The number of carbonyl (C=O) groups excluding carboxylic acids is 1. The summed E-state index contributed by atoms with van der Waals surface area (Å²) in [5.41, 5.74) is 15.5. The number of amides is 1. The molecule has 0 aliphatic rings. The highest BCUT2D eigenvalue weighted by atomic mass is 16.5. The van der Waals surface area contributed by atoms with Gasteiger partial charge in [-0.15, -0.1) is 0 Å². The summed E-state index contributed by atoms with van der Waals surface area (Å²) < 4.78 is 7.78. The van der Waals surface area contributed by atoms with Gasteiger partial charge in [-0.2, -0.15) is 10.2 Å². The van der Waals surface area contributed by atoms with Crippen molar-refractivity contribution in [1.82, 2.24) is 20.0 Å². The van der Waals surface area contributed by atoms with E-state index in [1.54, 1.807) is 22.9 Å². The first-order valence-corrected chi connectivity index (χ1v) is 10.1. The normalized spacial score (nSPS) is 11.8. The van der Waals surface area contributed by atoms with Crippen LogP contribution in [0.2, 0.25) is 0 Å². The fraction of sp³-hybridized carbons (Fsp3) is 0.174. The van der Waals surface area contributed by atoms with Gasteiger partial charge in [-0.25, -0.2) is 0 Å². The summed E-state index contributed by atoms with van der Waals surface area (Å²) in [6, 6.07) is 15.1. The summed E-state index contributed by atoms with van der Waals surface area (Å²) in [6.45, 7) is 3.86. The van der Waals surface area contributed by atoms with Gasteiger partial charge in [0.05, 0.1) is 5.69 Å². The average molecular weight is 432 g/mol. The monoisotopic (exact) mass is 431 g/mol. The second kappa shape index (κ2) is 8.46. The minimum atomic E-state index is -0.623. The lowest BCUT2D eigenvalue weighted by molar-refractivity contribution is 0.100. The van der Waals surface area contributed by atoms with Crippen molar-refractivity contribution < 1.29 is 9.53 Å². The maximum absolute atomic E-state index is 12.3. The number of rotatable bonds is 7. The number of nitrogens with two attached hydrogens (primary N) is 2. The van der Waals surface area contributed by atoms with E-state index < -0.39 is 5.91 Å². The maximum atomic E-state index is 12.3. The number of aryl methyl sites for hydroxylation is 2. The fourth-order valence-electron chi connectivity index (χ4n) is 3.50. The van der Waals surface area contributed by atoms with Crippen LogP contribution in [0.4, 0.5) is 17.3 Å². The molecule has 2 heterocycles. The van der Waals surface area contributed by atoms with Crippen molar-refractivity contribution in [2.24, 2.45) is 12.8 Å². The zero-order valence-corrected chi connectivity index (χ0v) is 18.1. The summed E-state index contributed by atoms with van der Waals surface area (Å²) in [5.74, 6) is 0.837. The predicted molar refractivity (Wildman–Crippen MR) is 124 cm³/mol. The van der Waals surface area contributed by atoms with Gasteiger partial charge < -0.3 is 21.5 Å². The molecule has 0 aliphatic heterocycles. The Kier molecular flexibility index (Phi) is 5.55. The fourth-order valence-corrected chi connectivity index (χ4v) is 3.50. The molecule has 9 heteroatoms. The summed E-state index contributed by atoms with van der Waals surface area (Å²) in [6.07, 6.45) is 1.65. The van der Waals surface area contributed by atoms with Crippen LogP contribution in [0.3, 0.4) is 0 Å². The van der Waals surface area contributed by atoms with Crippen LogP contribution in [0.25, 0.3) is 11.3 Å². The van der Waals surface area contributed by atoms with Gasteiger partial charge >= 0.3 is 0 Å². The van der Waals surface area contributed by atoms with Crippen LogP contribution in [0.15, 0.2) is 54.7 Å². The highest BCUT2D eigenvalue weighted by Gasteiger charge is 2.22. The lowest BCUT2D eigenvalue weighted by Crippen LogP contribution is -2.13. The van der Waals surface area contributed by atoms with Gasteiger partial charge in [0.15, 0.2) is 5.82 Å². The molecule has 6 N–H and O–H groups in total. The van der Waals surface area contributed by atoms with Gasteiger partial charge in [-0.05, 0) is 31.5 Å². The number of nitrogen functional groups attached to an aromatic ring is 1. The number of primary amides is 1. The van der Waals surface area contributed by atoms with Crippen LogP contribution in [0.1, 0.15) is 34.5 Å². The number of ether oxygens (including phenoxy) is 1. The van der Waals surface area contributed by atoms with E-state index in [0.29, 0.717) is 34.3 Å². The Morgan fingerprint density at radius 3 is 2.62 bits per heavy atom. The molecule has 4 aromatic rings. The van der Waals surface area contributed by atoms with Crippen molar-refractivity contribution in [3.8, 4) is 17.0 Å². The molecule has 4 rings (SSSR count). The van der Waals surface area contributed by atoms with Crippen LogP contribution in [0, 0.1) is 6.92 Å². The number of aromatic nitrogens is 4. The number of hydrogen-bond donors (Lipinski definition) is 4. The molecule has 9 nitrogen and oxygen atoms in total. The Labute approximate surface area is 185 Å². The van der Waals surface area contributed by atoms with Crippen LogP contribution < -0.4 is 21.5 Å². The van der Waals surface area contributed by atoms with E-state index in [1.165, 1.54) is 0 Å².